The molecule has 26 heavy (non-hydrogen) atoms. The summed E-state index contributed by atoms with van der Waals surface area (Å²) in [5.41, 5.74) is 1.90. The molecule has 4 rings (SSSR count). The second-order valence-corrected chi connectivity index (χ2v) is 8.54. The first kappa shape index (κ1) is 17.1. The smallest absolute Gasteiger partial charge is 0.243 e. The van der Waals surface area contributed by atoms with Crippen molar-refractivity contribution in [1.82, 2.24) is 4.31 Å². The average molecular weight is 373 g/mol. The first-order valence-electron chi connectivity index (χ1n) is 8.42. The molecule has 2 aromatic rings. The third kappa shape index (κ3) is 3.08. The van der Waals surface area contributed by atoms with Crippen molar-refractivity contribution in [2.24, 2.45) is 0 Å². The highest BCUT2D eigenvalue weighted by Gasteiger charge is 2.39. The van der Waals surface area contributed by atoms with Gasteiger partial charge in [-0.1, -0.05) is 23.8 Å². The average Bonchev–Trinajstić information content (AvgIpc) is 3.21. The van der Waals surface area contributed by atoms with E-state index in [-0.39, 0.29) is 30.4 Å². The minimum atomic E-state index is -3.71. The van der Waals surface area contributed by atoms with E-state index in [9.17, 15) is 13.2 Å². The van der Waals surface area contributed by atoms with Gasteiger partial charge in [-0.25, -0.2) is 8.42 Å². The molecule has 2 heterocycles. The van der Waals surface area contributed by atoms with E-state index in [1.54, 1.807) is 24.3 Å². The molecular formula is C19H19NO5S. The monoisotopic (exact) mass is 373 g/mol. The predicted octanol–water partition coefficient (Wildman–Crippen LogP) is 2.30. The summed E-state index contributed by atoms with van der Waals surface area (Å²) in [7, 11) is -3.71. The Bertz CT molecular complexity index is 952. The summed E-state index contributed by atoms with van der Waals surface area (Å²) in [6, 6.07) is 11.8. The third-order valence-electron chi connectivity index (χ3n) is 4.74. The van der Waals surface area contributed by atoms with Crippen molar-refractivity contribution in [1.29, 1.82) is 0 Å². The van der Waals surface area contributed by atoms with E-state index in [0.717, 1.165) is 11.1 Å². The largest absolute Gasteiger partial charge is 0.454 e. The zero-order chi connectivity index (χ0) is 18.3. The molecule has 0 spiro atoms. The number of Topliss-reactive ketones (excluding diaryl/α,β-unsaturated/α-hetero) is 1. The van der Waals surface area contributed by atoms with Gasteiger partial charge in [-0.2, -0.15) is 4.31 Å². The lowest BCUT2D eigenvalue weighted by Gasteiger charge is -2.23. The highest BCUT2D eigenvalue weighted by molar-refractivity contribution is 7.89. The van der Waals surface area contributed by atoms with Crippen molar-refractivity contribution in [2.45, 2.75) is 30.7 Å². The van der Waals surface area contributed by atoms with Gasteiger partial charge in [0.1, 0.15) is 5.78 Å². The first-order chi connectivity index (χ1) is 12.4. The van der Waals surface area contributed by atoms with Crippen LogP contribution in [-0.2, 0) is 21.2 Å². The number of nitrogens with zero attached hydrogens (tertiary/aromatic N) is 1. The molecule has 0 bridgehead atoms. The van der Waals surface area contributed by atoms with Crippen LogP contribution in [0, 0.1) is 6.92 Å². The summed E-state index contributed by atoms with van der Waals surface area (Å²) in [5.74, 6) is 1.27. The molecule has 0 amide bonds. The Balaban J connectivity index is 1.61. The molecule has 7 heteroatoms. The van der Waals surface area contributed by atoms with Gasteiger partial charge in [0.15, 0.2) is 11.5 Å². The van der Waals surface area contributed by atoms with Gasteiger partial charge in [0.25, 0.3) is 0 Å². The van der Waals surface area contributed by atoms with Gasteiger partial charge in [0.2, 0.25) is 16.8 Å². The summed E-state index contributed by atoms with van der Waals surface area (Å²) < 4.78 is 38.0. The Hall–Kier alpha value is -2.38. The number of carbonyl (C=O) groups excluding carboxylic acids is 1. The number of carbonyl (C=O) groups is 1. The topological polar surface area (TPSA) is 72.9 Å². The molecule has 6 nitrogen and oxygen atoms in total. The van der Waals surface area contributed by atoms with Gasteiger partial charge in [-0.05, 0) is 43.2 Å². The van der Waals surface area contributed by atoms with Crippen LogP contribution >= 0.6 is 0 Å². The number of ketones is 1. The Morgan fingerprint density at radius 1 is 1.08 bits per heavy atom. The zero-order valence-electron chi connectivity index (χ0n) is 14.3. The minimum absolute atomic E-state index is 0.0635. The number of hydrogen-bond acceptors (Lipinski definition) is 5. The van der Waals surface area contributed by atoms with E-state index in [1.165, 1.54) is 4.31 Å². The molecule has 136 valence electrons. The highest BCUT2D eigenvalue weighted by Crippen LogP contribution is 2.34. The van der Waals surface area contributed by atoms with Crippen molar-refractivity contribution < 1.29 is 22.7 Å². The van der Waals surface area contributed by atoms with E-state index in [2.05, 4.69) is 0 Å². The molecular weight excluding hydrogens is 354 g/mol. The number of aryl methyl sites for hydroxylation is 1. The standard InChI is InChI=1S/C19H19NO5S/c1-13-2-5-17(6-3-13)26(22,23)20-11-16(21)10-15(20)8-14-4-7-18-19(9-14)25-12-24-18/h2-7,9,15H,8,10-12H2,1H3/t15-/m1/s1. The Labute approximate surface area is 152 Å². The normalized spacial score (nSPS) is 19.9. The maximum atomic E-state index is 13.0. The first-order valence-corrected chi connectivity index (χ1v) is 9.86. The van der Waals surface area contributed by atoms with Crippen LogP contribution in [0.3, 0.4) is 0 Å². The maximum absolute atomic E-state index is 13.0. The fourth-order valence-corrected chi connectivity index (χ4v) is 4.98. The summed E-state index contributed by atoms with van der Waals surface area (Å²) in [4.78, 5) is 12.2. The van der Waals surface area contributed by atoms with Crippen LogP contribution in [0.2, 0.25) is 0 Å². The molecule has 0 radical (unpaired) electrons. The zero-order valence-corrected chi connectivity index (χ0v) is 15.2. The number of sulfonamides is 1. The van der Waals surface area contributed by atoms with Crippen LogP contribution < -0.4 is 9.47 Å². The molecule has 2 aliphatic rings. The van der Waals surface area contributed by atoms with Crippen molar-refractivity contribution >= 4 is 15.8 Å². The molecule has 1 saturated heterocycles. The van der Waals surface area contributed by atoms with Crippen LogP contribution in [0.4, 0.5) is 0 Å². The second-order valence-electron chi connectivity index (χ2n) is 6.65. The molecule has 2 aromatic carbocycles. The van der Waals surface area contributed by atoms with Crippen molar-refractivity contribution in [3.8, 4) is 11.5 Å². The molecule has 0 saturated carbocycles. The Kier molecular flexibility index (Phi) is 4.20. The van der Waals surface area contributed by atoms with Crippen molar-refractivity contribution in [2.75, 3.05) is 13.3 Å². The molecule has 1 atom stereocenters. The van der Waals surface area contributed by atoms with Crippen LogP contribution in [0.15, 0.2) is 47.4 Å². The summed E-state index contributed by atoms with van der Waals surface area (Å²) >= 11 is 0. The molecule has 2 aliphatic heterocycles. The van der Waals surface area contributed by atoms with Crippen LogP contribution in [0.1, 0.15) is 17.5 Å². The van der Waals surface area contributed by atoms with Crippen LogP contribution in [0.5, 0.6) is 11.5 Å². The Morgan fingerprint density at radius 2 is 1.81 bits per heavy atom. The molecule has 0 aliphatic carbocycles. The van der Waals surface area contributed by atoms with E-state index in [4.69, 9.17) is 9.47 Å². The van der Waals surface area contributed by atoms with Gasteiger partial charge < -0.3 is 9.47 Å². The van der Waals surface area contributed by atoms with E-state index < -0.39 is 16.1 Å². The molecule has 0 unspecified atom stereocenters. The summed E-state index contributed by atoms with van der Waals surface area (Å²) in [6.45, 7) is 2.01. The highest BCUT2D eigenvalue weighted by atomic mass is 32.2. The van der Waals surface area contributed by atoms with Crippen molar-refractivity contribution in [3.05, 3.63) is 53.6 Å². The number of ether oxygens (including phenoxy) is 2. The number of rotatable bonds is 4. The quantitative estimate of drug-likeness (QED) is 0.822. The third-order valence-corrected chi connectivity index (χ3v) is 6.65. The molecule has 0 N–H and O–H groups in total. The van der Waals surface area contributed by atoms with Gasteiger partial charge >= 0.3 is 0 Å². The summed E-state index contributed by atoms with van der Waals surface area (Å²) in [5, 5.41) is 0. The van der Waals surface area contributed by atoms with Crippen molar-refractivity contribution in [3.63, 3.8) is 0 Å². The lowest BCUT2D eigenvalue weighted by molar-refractivity contribution is -0.116. The number of benzene rings is 2. The van der Waals surface area contributed by atoms with Gasteiger partial charge in [-0.3, -0.25) is 4.79 Å². The predicted molar refractivity (Wildman–Crippen MR) is 94.8 cm³/mol. The fraction of sp³-hybridized carbons (Fsp3) is 0.316. The minimum Gasteiger partial charge on any atom is -0.454 e. The fourth-order valence-electron chi connectivity index (χ4n) is 3.37. The number of fused-ring (bicyclic) bond motifs is 1. The van der Waals surface area contributed by atoms with E-state index in [1.807, 2.05) is 25.1 Å². The van der Waals surface area contributed by atoms with Gasteiger partial charge in [-0.15, -0.1) is 0 Å². The van der Waals surface area contributed by atoms with Crippen LogP contribution in [-0.4, -0.2) is 37.9 Å². The van der Waals surface area contributed by atoms with Gasteiger partial charge in [0, 0.05) is 12.5 Å². The second kappa shape index (κ2) is 6.41. The number of hydrogen-bond donors (Lipinski definition) is 0. The lowest BCUT2D eigenvalue weighted by atomic mass is 10.0. The maximum Gasteiger partial charge on any atom is 0.243 e. The summed E-state index contributed by atoms with van der Waals surface area (Å²) in [6.07, 6.45) is 0.674. The Morgan fingerprint density at radius 3 is 2.58 bits per heavy atom. The van der Waals surface area contributed by atoms with Crippen LogP contribution in [0.25, 0.3) is 0 Å². The SMILES string of the molecule is Cc1ccc(S(=O)(=O)N2CC(=O)C[C@H]2Cc2ccc3c(c2)OCO3)cc1. The van der Waals surface area contributed by atoms with E-state index in [0.29, 0.717) is 17.9 Å². The lowest BCUT2D eigenvalue weighted by Crippen LogP contribution is -2.37. The molecule has 0 aromatic heterocycles. The van der Waals surface area contributed by atoms with E-state index >= 15 is 0 Å². The van der Waals surface area contributed by atoms with Gasteiger partial charge in [0.05, 0.1) is 11.4 Å². The molecule has 1 fully saturated rings.